The minimum atomic E-state index is -2.17. The zero-order chi connectivity index (χ0) is 13.9. The molecule has 1 N–H and O–H groups in total. The second kappa shape index (κ2) is 12.3. The number of carbonyl (C=O) groups is 1. The van der Waals surface area contributed by atoms with Crippen molar-refractivity contribution in [2.24, 2.45) is 0 Å². The van der Waals surface area contributed by atoms with Crippen molar-refractivity contribution in [2.45, 2.75) is 55.8 Å². The third-order valence-electron chi connectivity index (χ3n) is 2.05. The second-order valence-electron chi connectivity index (χ2n) is 3.80. The summed E-state index contributed by atoms with van der Waals surface area (Å²) in [6, 6.07) is 0. The van der Waals surface area contributed by atoms with E-state index in [2.05, 4.69) is 20.8 Å². The largest absolute Gasteiger partial charge is 0.478 e. The van der Waals surface area contributed by atoms with Gasteiger partial charge in [0.05, 0.1) is 0 Å². The van der Waals surface area contributed by atoms with Crippen LogP contribution in [0.3, 0.4) is 0 Å². The Morgan fingerprint density at radius 2 is 1.24 bits per heavy atom. The molecule has 0 spiro atoms. The normalized spacial score (nSPS) is 11.0. The Hall–Kier alpha value is 1.26. The first-order valence-corrected chi connectivity index (χ1v) is 15.3. The maximum absolute atomic E-state index is 9.62. The summed E-state index contributed by atoms with van der Waals surface area (Å²) in [5.41, 5.74) is 0. The van der Waals surface area contributed by atoms with E-state index >= 15 is 0 Å². The Morgan fingerprint density at radius 1 is 1.00 bits per heavy atom. The van der Waals surface area contributed by atoms with Gasteiger partial charge in [0.15, 0.2) is 0 Å². The summed E-state index contributed by atoms with van der Waals surface area (Å²) in [5, 5.41) is 7.85. The summed E-state index contributed by atoms with van der Waals surface area (Å²) in [4.78, 5) is 9.62. The van der Waals surface area contributed by atoms with Crippen LogP contribution >= 0.6 is 34.8 Å². The average molecular weight is 500 g/mol. The van der Waals surface area contributed by atoms with Crippen molar-refractivity contribution in [1.82, 2.24) is 0 Å². The fourth-order valence-corrected chi connectivity index (χ4v) is 12.6. The number of halogens is 3. The predicted molar refractivity (Wildman–Crippen MR) is 79.0 cm³/mol. The Balaban J connectivity index is 0. The molecular weight excluding hydrogens is 478 g/mol. The van der Waals surface area contributed by atoms with E-state index < -0.39 is 32.5 Å². The van der Waals surface area contributed by atoms with Crippen LogP contribution in [-0.2, 0) is 4.79 Å². The Labute approximate surface area is 128 Å². The van der Waals surface area contributed by atoms with Crippen LogP contribution in [0, 0.1) is 0 Å². The van der Waals surface area contributed by atoms with Gasteiger partial charge in [-0.2, -0.15) is 0 Å². The van der Waals surface area contributed by atoms with Crippen molar-refractivity contribution in [3.05, 3.63) is 0 Å². The smallest absolute Gasteiger partial charge is 0.356 e. The Morgan fingerprint density at radius 3 is 1.35 bits per heavy atom. The van der Waals surface area contributed by atoms with E-state index in [1.165, 1.54) is 19.3 Å². The van der Waals surface area contributed by atoms with Crippen molar-refractivity contribution < 1.29 is 9.90 Å². The van der Waals surface area contributed by atoms with E-state index in [0.717, 1.165) is 0 Å². The SMILES string of the molecule is CC[CH2][Pb]([CH2]CC)[CH2]CC.O=C(O)C(Cl)(Cl)Cl. The molecule has 0 bridgehead atoms. The zero-order valence-electron chi connectivity index (χ0n) is 10.7. The Kier molecular flexibility index (Phi) is 14.9. The first-order chi connectivity index (χ1) is 7.79. The molecule has 0 aromatic carbocycles. The van der Waals surface area contributed by atoms with E-state index in [9.17, 15) is 4.79 Å². The molecule has 6 heteroatoms. The summed E-state index contributed by atoms with van der Waals surface area (Å²) in [6.07, 6.45) is 4.38. The Bertz CT molecular complexity index is 181. The first-order valence-electron chi connectivity index (χ1n) is 5.93. The van der Waals surface area contributed by atoms with Crippen molar-refractivity contribution in [3.63, 3.8) is 0 Å². The van der Waals surface area contributed by atoms with E-state index in [-0.39, 0.29) is 0 Å². The van der Waals surface area contributed by atoms with Gasteiger partial charge in [-0.25, -0.2) is 4.79 Å². The molecule has 103 valence electrons. The van der Waals surface area contributed by atoms with Crippen LogP contribution < -0.4 is 0 Å². The van der Waals surface area contributed by atoms with Gasteiger partial charge >= 0.3 is 80.6 Å². The van der Waals surface area contributed by atoms with E-state index in [4.69, 9.17) is 39.9 Å². The fraction of sp³-hybridized carbons (Fsp3) is 0.909. The third kappa shape index (κ3) is 15.2. The zero-order valence-corrected chi connectivity index (χ0v) is 16.9. The summed E-state index contributed by atoms with van der Waals surface area (Å²) in [7, 11) is 0. The second-order valence-corrected chi connectivity index (χ2v) is 17.7. The van der Waals surface area contributed by atoms with Crippen LogP contribution in [-0.4, -0.2) is 37.6 Å². The van der Waals surface area contributed by atoms with Crippen LogP contribution in [0.15, 0.2) is 0 Å². The monoisotopic (exact) mass is 499 g/mol. The summed E-state index contributed by atoms with van der Waals surface area (Å²) < 4.78 is 2.81. The van der Waals surface area contributed by atoms with Gasteiger partial charge in [0.25, 0.3) is 3.79 Å². The number of carboxylic acid groups (broad SMARTS) is 1. The number of aliphatic carboxylic acids is 1. The third-order valence-corrected chi connectivity index (χ3v) is 16.6. The fourth-order valence-electron chi connectivity index (χ4n) is 1.44. The number of hydrogen-bond acceptors (Lipinski definition) is 1. The standard InChI is InChI=1S/3C3H7.C2HCl3O2.Pb/c3*1-3-2;3-2(4,5)1(6)7;/h3*1,3H2,2H3;(H,6,7);. The minimum Gasteiger partial charge on any atom is -0.478 e. The predicted octanol–water partition coefficient (Wildman–Crippen LogP) is 5.15. The van der Waals surface area contributed by atoms with E-state index in [0.29, 0.717) is 0 Å². The van der Waals surface area contributed by atoms with Crippen molar-refractivity contribution in [1.29, 1.82) is 0 Å². The number of rotatable bonds is 6. The van der Waals surface area contributed by atoms with Crippen LogP contribution in [0.2, 0.25) is 11.9 Å². The average Bonchev–Trinajstić information content (AvgIpc) is 2.18. The molecule has 0 saturated carbocycles. The molecule has 0 heterocycles. The molecule has 0 atom stereocenters. The van der Waals surface area contributed by atoms with Gasteiger partial charge in [-0.1, -0.05) is 34.8 Å². The van der Waals surface area contributed by atoms with Crippen LogP contribution in [0.5, 0.6) is 0 Å². The molecule has 0 amide bonds. The molecule has 0 aliphatic heterocycles. The quantitative estimate of drug-likeness (QED) is 0.405. The van der Waals surface area contributed by atoms with Gasteiger partial charge in [0.1, 0.15) is 0 Å². The van der Waals surface area contributed by atoms with Gasteiger partial charge in [-0.3, -0.25) is 0 Å². The van der Waals surface area contributed by atoms with Gasteiger partial charge in [-0.05, 0) is 0 Å². The molecule has 0 saturated heterocycles. The summed E-state index contributed by atoms with van der Waals surface area (Å²) in [6.45, 7) is 7.03. The molecule has 0 rings (SSSR count). The minimum absolute atomic E-state index is 0.907. The molecule has 0 fully saturated rings. The molecule has 1 radical (unpaired) electrons. The van der Waals surface area contributed by atoms with E-state index in [1.54, 1.807) is 11.9 Å². The van der Waals surface area contributed by atoms with Gasteiger partial charge in [0, 0.05) is 0 Å². The summed E-state index contributed by atoms with van der Waals surface area (Å²) >= 11 is 13.5. The number of hydrogen-bond donors (Lipinski definition) is 1. The summed E-state index contributed by atoms with van der Waals surface area (Å²) in [5.74, 6) is -1.46. The number of alkyl halides is 3. The van der Waals surface area contributed by atoms with Gasteiger partial charge < -0.3 is 5.11 Å². The van der Waals surface area contributed by atoms with E-state index in [1.807, 2.05) is 0 Å². The molecule has 17 heavy (non-hydrogen) atoms. The maximum Gasteiger partial charge on any atom is 0.356 e. The molecule has 0 aromatic rings. The molecule has 0 aromatic heterocycles. The van der Waals surface area contributed by atoms with Crippen molar-refractivity contribution >= 4 is 63.5 Å². The van der Waals surface area contributed by atoms with Gasteiger partial charge in [-0.15, -0.1) is 0 Å². The molecule has 2 nitrogen and oxygen atoms in total. The molecule has 0 aliphatic rings. The molecular formula is C11H22Cl3O2Pb. The number of carboxylic acids is 1. The van der Waals surface area contributed by atoms with Gasteiger partial charge in [0.2, 0.25) is 0 Å². The molecule has 0 unspecified atom stereocenters. The van der Waals surface area contributed by atoms with Crippen molar-refractivity contribution in [3.8, 4) is 0 Å². The van der Waals surface area contributed by atoms with Crippen LogP contribution in [0.4, 0.5) is 0 Å². The topological polar surface area (TPSA) is 37.3 Å². The molecule has 0 aliphatic carbocycles. The van der Waals surface area contributed by atoms with Crippen LogP contribution in [0.25, 0.3) is 0 Å². The van der Waals surface area contributed by atoms with Crippen LogP contribution in [0.1, 0.15) is 40.0 Å². The maximum atomic E-state index is 9.62. The van der Waals surface area contributed by atoms with Crippen molar-refractivity contribution in [2.75, 3.05) is 0 Å². The first kappa shape index (κ1) is 20.6.